The molecule has 2 unspecified atom stereocenters. The number of hydrogen-bond acceptors (Lipinski definition) is 2. The second-order valence-electron chi connectivity index (χ2n) is 7.13. The second kappa shape index (κ2) is 8.30. The van der Waals surface area contributed by atoms with E-state index in [1.54, 1.807) is 0 Å². The molecular weight excluding hydrogens is 276 g/mol. The minimum absolute atomic E-state index is 0.0583. The Labute approximate surface area is 134 Å². The van der Waals surface area contributed by atoms with Gasteiger partial charge in [-0.3, -0.25) is 9.59 Å². The molecule has 1 N–H and O–H groups in total. The van der Waals surface area contributed by atoms with Crippen molar-refractivity contribution >= 4 is 11.8 Å². The van der Waals surface area contributed by atoms with E-state index in [4.69, 9.17) is 5.11 Å². The van der Waals surface area contributed by atoms with Crippen LogP contribution in [-0.4, -0.2) is 16.9 Å². The molecule has 0 bridgehead atoms. The van der Waals surface area contributed by atoms with Gasteiger partial charge in [0.05, 0.1) is 0 Å². The van der Waals surface area contributed by atoms with Gasteiger partial charge in [0.15, 0.2) is 0 Å². The highest BCUT2D eigenvalue weighted by Gasteiger charge is 2.43. The minimum atomic E-state index is -0.809. The molecule has 0 aromatic carbocycles. The molecule has 0 heterocycles. The van der Waals surface area contributed by atoms with Gasteiger partial charge in [0.2, 0.25) is 0 Å². The van der Waals surface area contributed by atoms with Gasteiger partial charge in [-0.05, 0) is 59.8 Å². The molecule has 0 aromatic heterocycles. The fourth-order valence-electron chi connectivity index (χ4n) is 3.28. The Bertz CT molecular complexity index is 465. The normalized spacial score (nSPS) is 24.7. The average Bonchev–Trinajstić information content (AvgIpc) is 2.43. The smallest absolute Gasteiger partial charge is 0.303 e. The number of Topliss-reactive ketones (excluding diaryl/α,β-unsaturated/α-hetero) is 1. The summed E-state index contributed by atoms with van der Waals surface area (Å²) in [6.45, 7) is 8.15. The van der Waals surface area contributed by atoms with Crippen LogP contribution in [0, 0.1) is 11.3 Å². The van der Waals surface area contributed by atoms with E-state index < -0.39 is 11.4 Å². The monoisotopic (exact) mass is 306 g/mol. The maximum Gasteiger partial charge on any atom is 0.303 e. The third-order valence-electron chi connectivity index (χ3n) is 4.63. The quantitative estimate of drug-likeness (QED) is 0.679. The first kappa shape index (κ1) is 18.7. The van der Waals surface area contributed by atoms with Gasteiger partial charge in [-0.2, -0.15) is 0 Å². The molecule has 1 saturated carbocycles. The third kappa shape index (κ3) is 5.43. The average molecular weight is 306 g/mol. The fraction of sp³-hybridized carbons (Fsp3) is 0.684. The van der Waals surface area contributed by atoms with Crippen LogP contribution in [0.15, 0.2) is 23.3 Å². The Balaban J connectivity index is 2.95. The van der Waals surface area contributed by atoms with Crippen LogP contribution in [0.3, 0.4) is 0 Å². The van der Waals surface area contributed by atoms with E-state index in [0.29, 0.717) is 12.8 Å². The van der Waals surface area contributed by atoms with E-state index in [1.807, 2.05) is 27.7 Å². The number of carboxylic acids is 1. The van der Waals surface area contributed by atoms with Crippen molar-refractivity contribution in [3.8, 4) is 0 Å². The molecule has 1 fully saturated rings. The number of carbonyl (C=O) groups excluding carboxylic acids is 1. The predicted molar refractivity (Wildman–Crippen MR) is 89.7 cm³/mol. The van der Waals surface area contributed by atoms with Crippen molar-refractivity contribution in [2.45, 2.75) is 72.6 Å². The van der Waals surface area contributed by atoms with Crippen molar-refractivity contribution in [2.24, 2.45) is 11.3 Å². The van der Waals surface area contributed by atoms with Crippen molar-refractivity contribution in [1.29, 1.82) is 0 Å². The SMILES string of the molecule is CC(C)=CCC1CCCC(CC=C(C)C)(CCC(=O)O)C1=O. The first-order chi connectivity index (χ1) is 10.3. The zero-order chi connectivity index (χ0) is 16.8. The van der Waals surface area contributed by atoms with Gasteiger partial charge in [-0.1, -0.05) is 29.7 Å². The Morgan fingerprint density at radius 3 is 2.41 bits per heavy atom. The zero-order valence-corrected chi connectivity index (χ0v) is 14.4. The molecule has 0 saturated heterocycles. The first-order valence-corrected chi connectivity index (χ1v) is 8.30. The number of hydrogen-bond donors (Lipinski definition) is 1. The zero-order valence-electron chi connectivity index (χ0n) is 14.4. The maximum atomic E-state index is 13.0. The molecule has 0 aromatic rings. The van der Waals surface area contributed by atoms with Gasteiger partial charge in [0, 0.05) is 17.8 Å². The highest BCUT2D eigenvalue weighted by Crippen LogP contribution is 2.44. The van der Waals surface area contributed by atoms with Crippen molar-refractivity contribution in [2.75, 3.05) is 0 Å². The van der Waals surface area contributed by atoms with Crippen LogP contribution in [0.4, 0.5) is 0 Å². The molecule has 3 nitrogen and oxygen atoms in total. The topological polar surface area (TPSA) is 54.4 Å². The Kier molecular flexibility index (Phi) is 7.05. The van der Waals surface area contributed by atoms with Crippen LogP contribution in [0.2, 0.25) is 0 Å². The van der Waals surface area contributed by atoms with Gasteiger partial charge in [0.25, 0.3) is 0 Å². The van der Waals surface area contributed by atoms with Crippen LogP contribution in [0.25, 0.3) is 0 Å². The van der Waals surface area contributed by atoms with Crippen molar-refractivity contribution in [1.82, 2.24) is 0 Å². The van der Waals surface area contributed by atoms with Gasteiger partial charge in [0.1, 0.15) is 5.78 Å². The maximum absolute atomic E-state index is 13.0. The number of carbonyl (C=O) groups is 2. The van der Waals surface area contributed by atoms with Gasteiger partial charge >= 0.3 is 5.97 Å². The summed E-state index contributed by atoms with van der Waals surface area (Å²) in [6.07, 6.45) is 9.05. The summed E-state index contributed by atoms with van der Waals surface area (Å²) in [5.41, 5.74) is 1.96. The molecule has 22 heavy (non-hydrogen) atoms. The van der Waals surface area contributed by atoms with Crippen molar-refractivity contribution < 1.29 is 14.7 Å². The van der Waals surface area contributed by atoms with E-state index in [0.717, 1.165) is 25.7 Å². The highest BCUT2D eigenvalue weighted by molar-refractivity contribution is 5.88. The molecule has 3 heteroatoms. The van der Waals surface area contributed by atoms with Gasteiger partial charge < -0.3 is 5.11 Å². The second-order valence-corrected chi connectivity index (χ2v) is 7.13. The lowest BCUT2D eigenvalue weighted by Gasteiger charge is -2.39. The van der Waals surface area contributed by atoms with Gasteiger partial charge in [-0.25, -0.2) is 0 Å². The summed E-state index contributed by atoms with van der Waals surface area (Å²) in [5, 5.41) is 9.03. The Morgan fingerprint density at radius 1 is 1.23 bits per heavy atom. The van der Waals surface area contributed by atoms with Crippen molar-refractivity contribution in [3.05, 3.63) is 23.3 Å². The molecule has 0 radical (unpaired) electrons. The lowest BCUT2D eigenvalue weighted by Crippen LogP contribution is -2.40. The largest absolute Gasteiger partial charge is 0.481 e. The van der Waals surface area contributed by atoms with Crippen LogP contribution in [0.1, 0.15) is 72.6 Å². The summed E-state index contributed by atoms with van der Waals surface area (Å²) in [4.78, 5) is 24.0. The molecule has 0 amide bonds. The molecule has 0 aliphatic heterocycles. The summed E-state index contributed by atoms with van der Waals surface area (Å²) < 4.78 is 0. The molecule has 2 atom stereocenters. The molecule has 124 valence electrons. The lowest BCUT2D eigenvalue weighted by molar-refractivity contribution is -0.140. The van der Waals surface area contributed by atoms with Crippen molar-refractivity contribution in [3.63, 3.8) is 0 Å². The number of aliphatic carboxylic acids is 1. The van der Waals surface area contributed by atoms with Crippen LogP contribution in [0.5, 0.6) is 0 Å². The molecular formula is C19H30O3. The van der Waals surface area contributed by atoms with Gasteiger partial charge in [-0.15, -0.1) is 0 Å². The number of carboxylic acid groups (broad SMARTS) is 1. The number of rotatable bonds is 7. The van der Waals surface area contributed by atoms with Crippen LogP contribution in [-0.2, 0) is 9.59 Å². The van der Waals surface area contributed by atoms with E-state index in [2.05, 4.69) is 12.2 Å². The lowest BCUT2D eigenvalue weighted by atomic mass is 9.63. The number of allylic oxidation sites excluding steroid dienone is 4. The fourth-order valence-corrected chi connectivity index (χ4v) is 3.28. The number of ketones is 1. The third-order valence-corrected chi connectivity index (χ3v) is 4.63. The van der Waals surface area contributed by atoms with E-state index >= 15 is 0 Å². The van der Waals surface area contributed by atoms with Crippen LogP contribution >= 0.6 is 0 Å². The molecule has 1 aliphatic carbocycles. The summed E-state index contributed by atoms with van der Waals surface area (Å²) in [5.74, 6) is -0.464. The Hall–Kier alpha value is -1.38. The Morgan fingerprint density at radius 2 is 1.86 bits per heavy atom. The molecule has 1 aliphatic rings. The van der Waals surface area contributed by atoms with Crippen LogP contribution < -0.4 is 0 Å². The van der Waals surface area contributed by atoms with E-state index in [1.165, 1.54) is 11.1 Å². The summed E-state index contributed by atoms with van der Waals surface area (Å²) in [6, 6.07) is 0. The standard InChI is InChI=1S/C19H30O3/c1-14(2)7-8-16-6-5-11-19(18(16)22,12-9-15(3)4)13-10-17(20)21/h7,9,16H,5-6,8,10-13H2,1-4H3,(H,20,21). The predicted octanol–water partition coefficient (Wildman–Crippen LogP) is 4.92. The first-order valence-electron chi connectivity index (χ1n) is 8.30. The molecule has 0 spiro atoms. The van der Waals surface area contributed by atoms with E-state index in [-0.39, 0.29) is 18.1 Å². The minimum Gasteiger partial charge on any atom is -0.481 e. The highest BCUT2D eigenvalue weighted by atomic mass is 16.4. The molecule has 1 rings (SSSR count). The van der Waals surface area contributed by atoms with E-state index in [9.17, 15) is 9.59 Å². The summed E-state index contributed by atoms with van der Waals surface area (Å²) in [7, 11) is 0. The summed E-state index contributed by atoms with van der Waals surface area (Å²) >= 11 is 0.